The Morgan fingerprint density at radius 1 is 1.67 bits per heavy atom. The molecule has 0 radical (unpaired) electrons. The molecule has 0 aromatic carbocycles. The third-order valence-electron chi connectivity index (χ3n) is 0.482. The van der Waals surface area contributed by atoms with Gasteiger partial charge in [0.05, 0.1) is 6.67 Å². The van der Waals surface area contributed by atoms with Gasteiger partial charge < -0.3 is 5.41 Å². The Kier molecular flexibility index (Phi) is 4.29. The molecule has 0 bridgehead atoms. The molecule has 0 amide bonds. The lowest BCUT2D eigenvalue weighted by molar-refractivity contribution is 0.480. The van der Waals surface area contributed by atoms with Crippen molar-refractivity contribution >= 4 is 6.21 Å². The van der Waals surface area contributed by atoms with Crippen LogP contribution in [0.3, 0.4) is 0 Å². The summed E-state index contributed by atoms with van der Waals surface area (Å²) in [6.45, 7) is -0.296. The van der Waals surface area contributed by atoms with Gasteiger partial charge in [-0.3, -0.25) is 4.39 Å². The molecule has 0 aliphatic rings. The van der Waals surface area contributed by atoms with E-state index < -0.39 is 0 Å². The van der Waals surface area contributed by atoms with E-state index in [1.54, 1.807) is 0 Å². The Labute approximate surface area is 36.7 Å². The molecule has 6 heavy (non-hydrogen) atoms. The van der Waals surface area contributed by atoms with Gasteiger partial charge >= 0.3 is 0 Å². The Morgan fingerprint density at radius 2 is 2.33 bits per heavy atom. The largest absolute Gasteiger partial charge is 0.313 e. The number of hydrogen-bond acceptors (Lipinski definition) is 1. The van der Waals surface area contributed by atoms with Crippen LogP contribution in [0.4, 0.5) is 4.39 Å². The maximum Gasteiger partial charge on any atom is 0.0898 e. The van der Waals surface area contributed by atoms with Gasteiger partial charge in [0.1, 0.15) is 0 Å². The quantitative estimate of drug-likeness (QED) is 0.399. The molecule has 0 aromatic heterocycles. The molecule has 0 spiro atoms. The molecule has 0 fully saturated rings. The van der Waals surface area contributed by atoms with Crippen LogP contribution in [0.25, 0.3) is 0 Å². The molecule has 0 aromatic rings. The molecule has 0 saturated heterocycles. The third kappa shape index (κ3) is 3.60. The summed E-state index contributed by atoms with van der Waals surface area (Å²) in [6.07, 6.45) is 2.31. The highest BCUT2D eigenvalue weighted by Crippen LogP contribution is 1.82. The van der Waals surface area contributed by atoms with E-state index >= 15 is 0 Å². The van der Waals surface area contributed by atoms with Crippen LogP contribution in [0.15, 0.2) is 0 Å². The number of alkyl halides is 1. The van der Waals surface area contributed by atoms with Crippen molar-refractivity contribution in [1.82, 2.24) is 0 Å². The summed E-state index contributed by atoms with van der Waals surface area (Å²) in [5, 5.41) is 6.41. The zero-order valence-electron chi connectivity index (χ0n) is 3.58. The fourth-order valence-electron chi connectivity index (χ4n) is 0.179. The second-order valence-corrected chi connectivity index (χ2v) is 1.04. The fourth-order valence-corrected chi connectivity index (χ4v) is 0.179. The molecule has 36 valence electrons. The predicted molar refractivity (Wildman–Crippen MR) is 24.0 cm³/mol. The van der Waals surface area contributed by atoms with Crippen LogP contribution in [-0.4, -0.2) is 12.9 Å². The summed E-state index contributed by atoms with van der Waals surface area (Å²) in [7, 11) is 0. The number of nitrogens with one attached hydrogen (secondary N) is 1. The van der Waals surface area contributed by atoms with Crippen LogP contribution in [0.5, 0.6) is 0 Å². The standard InChI is InChI=1S/C4H8FN/c5-3-1-2-4-6/h4,6H,1-3H2. The average Bonchev–Trinajstić information content (AvgIpc) is 1.61. The minimum Gasteiger partial charge on any atom is -0.313 e. The summed E-state index contributed by atoms with van der Waals surface area (Å²) in [5.41, 5.74) is 0. The maximum absolute atomic E-state index is 11.1. The van der Waals surface area contributed by atoms with Crippen LogP contribution < -0.4 is 0 Å². The molecule has 1 nitrogen and oxygen atoms in total. The van der Waals surface area contributed by atoms with E-state index in [0.29, 0.717) is 12.8 Å². The van der Waals surface area contributed by atoms with E-state index in [1.165, 1.54) is 6.21 Å². The summed E-state index contributed by atoms with van der Waals surface area (Å²) in [4.78, 5) is 0. The lowest BCUT2D eigenvalue weighted by Gasteiger charge is -1.78. The smallest absolute Gasteiger partial charge is 0.0898 e. The van der Waals surface area contributed by atoms with Gasteiger partial charge in [-0.2, -0.15) is 0 Å². The lowest BCUT2D eigenvalue weighted by atomic mass is 10.4. The van der Waals surface area contributed by atoms with Crippen molar-refractivity contribution in [3.8, 4) is 0 Å². The van der Waals surface area contributed by atoms with Crippen molar-refractivity contribution in [2.45, 2.75) is 12.8 Å². The van der Waals surface area contributed by atoms with E-state index in [-0.39, 0.29) is 6.67 Å². The first kappa shape index (κ1) is 5.60. The highest BCUT2D eigenvalue weighted by atomic mass is 19.1. The van der Waals surface area contributed by atoms with E-state index in [4.69, 9.17) is 5.41 Å². The van der Waals surface area contributed by atoms with E-state index in [1.807, 2.05) is 0 Å². The first-order chi connectivity index (χ1) is 2.91. The van der Waals surface area contributed by atoms with E-state index in [0.717, 1.165) is 0 Å². The first-order valence-corrected chi connectivity index (χ1v) is 1.96. The normalized spacial score (nSPS) is 8.17. The molecular weight excluding hydrogens is 81.0 g/mol. The Balaban J connectivity index is 2.49. The van der Waals surface area contributed by atoms with Gasteiger partial charge in [0.25, 0.3) is 0 Å². The number of hydrogen-bond donors (Lipinski definition) is 1. The zero-order valence-corrected chi connectivity index (χ0v) is 3.58. The predicted octanol–water partition coefficient (Wildman–Crippen LogP) is 1.39. The Morgan fingerprint density at radius 3 is 2.50 bits per heavy atom. The molecular formula is C4H8FN. The highest BCUT2D eigenvalue weighted by Gasteiger charge is 1.75. The fraction of sp³-hybridized carbons (Fsp3) is 0.750. The van der Waals surface area contributed by atoms with Crippen molar-refractivity contribution in [3.05, 3.63) is 0 Å². The molecule has 0 heterocycles. The number of unbranched alkanes of at least 4 members (excludes halogenated alkanes) is 1. The summed E-state index contributed by atoms with van der Waals surface area (Å²) >= 11 is 0. The number of halogens is 1. The lowest BCUT2D eigenvalue weighted by Crippen LogP contribution is -1.74. The van der Waals surface area contributed by atoms with Crippen LogP contribution in [0, 0.1) is 5.41 Å². The van der Waals surface area contributed by atoms with Crippen molar-refractivity contribution < 1.29 is 4.39 Å². The topological polar surface area (TPSA) is 23.9 Å². The molecule has 0 aliphatic carbocycles. The Bertz CT molecular complexity index is 36.5. The summed E-state index contributed by atoms with van der Waals surface area (Å²) in [5.74, 6) is 0. The van der Waals surface area contributed by atoms with Crippen LogP contribution in [0.1, 0.15) is 12.8 Å². The van der Waals surface area contributed by atoms with Gasteiger partial charge in [0, 0.05) is 0 Å². The van der Waals surface area contributed by atoms with Crippen LogP contribution >= 0.6 is 0 Å². The summed E-state index contributed by atoms with van der Waals surface area (Å²) in [6, 6.07) is 0. The maximum atomic E-state index is 11.1. The van der Waals surface area contributed by atoms with Gasteiger partial charge in [-0.1, -0.05) is 0 Å². The minimum atomic E-state index is -0.296. The van der Waals surface area contributed by atoms with Crippen molar-refractivity contribution in [1.29, 1.82) is 5.41 Å². The van der Waals surface area contributed by atoms with Gasteiger partial charge in [0.2, 0.25) is 0 Å². The minimum absolute atomic E-state index is 0.296. The summed E-state index contributed by atoms with van der Waals surface area (Å²) < 4.78 is 11.1. The van der Waals surface area contributed by atoms with Crippen molar-refractivity contribution in [3.63, 3.8) is 0 Å². The SMILES string of the molecule is N=CCCCF. The van der Waals surface area contributed by atoms with Crippen LogP contribution in [-0.2, 0) is 0 Å². The third-order valence-corrected chi connectivity index (χ3v) is 0.482. The van der Waals surface area contributed by atoms with Gasteiger partial charge in [0.15, 0.2) is 0 Å². The average molecular weight is 89.1 g/mol. The Hall–Kier alpha value is -0.400. The van der Waals surface area contributed by atoms with E-state index in [2.05, 4.69) is 0 Å². The molecule has 0 rings (SSSR count). The molecule has 0 atom stereocenters. The van der Waals surface area contributed by atoms with Crippen molar-refractivity contribution in [2.75, 3.05) is 6.67 Å². The zero-order chi connectivity index (χ0) is 4.83. The van der Waals surface area contributed by atoms with Gasteiger partial charge in [-0.05, 0) is 19.1 Å². The monoisotopic (exact) mass is 89.1 g/mol. The molecule has 0 unspecified atom stereocenters. The van der Waals surface area contributed by atoms with E-state index in [9.17, 15) is 4.39 Å². The second-order valence-electron chi connectivity index (χ2n) is 1.04. The van der Waals surface area contributed by atoms with Gasteiger partial charge in [-0.25, -0.2) is 0 Å². The molecule has 2 heteroatoms. The first-order valence-electron chi connectivity index (χ1n) is 1.96. The van der Waals surface area contributed by atoms with Crippen LogP contribution in [0.2, 0.25) is 0 Å². The van der Waals surface area contributed by atoms with Crippen molar-refractivity contribution in [2.24, 2.45) is 0 Å². The van der Waals surface area contributed by atoms with Gasteiger partial charge in [-0.15, -0.1) is 0 Å². The molecule has 1 N–H and O–H groups in total. The molecule has 0 aliphatic heterocycles. The second kappa shape index (κ2) is 4.60. The number of rotatable bonds is 3. The molecule has 0 saturated carbocycles. The highest BCUT2D eigenvalue weighted by molar-refractivity contribution is 5.52.